The lowest BCUT2D eigenvalue weighted by Crippen LogP contribution is -2.21. The van der Waals surface area contributed by atoms with Crippen LogP contribution in [0.4, 0.5) is 0 Å². The molecule has 0 heterocycles. The molecule has 1 atom stereocenters. The summed E-state index contributed by atoms with van der Waals surface area (Å²) in [6.45, 7) is 0. The van der Waals surface area contributed by atoms with Gasteiger partial charge in [-0.2, -0.15) is 0 Å². The summed E-state index contributed by atoms with van der Waals surface area (Å²) < 4.78 is 5.83. The Morgan fingerprint density at radius 2 is 1.19 bits per heavy atom. The highest BCUT2D eigenvalue weighted by Crippen LogP contribution is 2.25. The van der Waals surface area contributed by atoms with Crippen LogP contribution in [-0.2, 0) is 11.2 Å². The lowest BCUT2D eigenvalue weighted by atomic mass is 9.98. The quantitative estimate of drug-likeness (QED) is 0.277. The Hall–Kier alpha value is -3.98. The van der Waals surface area contributed by atoms with E-state index >= 15 is 0 Å². The number of hydrogen-bond donors (Lipinski definition) is 0. The first kappa shape index (κ1) is 20.3. The molecule has 0 fully saturated rings. The highest BCUT2D eigenvalue weighted by atomic mass is 16.5. The van der Waals surface area contributed by atoms with E-state index in [1.165, 1.54) is 0 Å². The predicted octanol–water partition coefficient (Wildman–Crippen LogP) is 6.06. The van der Waals surface area contributed by atoms with Crippen molar-refractivity contribution in [2.45, 2.75) is 12.5 Å². The number of Topliss-reactive ketones (excluding diaryl/α,β-unsaturated/α-hetero) is 1. The van der Waals surface area contributed by atoms with Crippen LogP contribution in [0.3, 0.4) is 0 Å². The number of benzene rings is 4. The van der Waals surface area contributed by atoms with Gasteiger partial charge in [-0.1, -0.05) is 109 Å². The normalized spacial score (nSPS) is 11.5. The van der Waals surface area contributed by atoms with Crippen LogP contribution in [-0.4, -0.2) is 11.8 Å². The lowest BCUT2D eigenvalue weighted by molar-refractivity contribution is 0.0279. The Labute approximate surface area is 181 Å². The van der Waals surface area contributed by atoms with Gasteiger partial charge in [0.1, 0.15) is 0 Å². The molecule has 31 heavy (non-hydrogen) atoms. The maximum absolute atomic E-state index is 13.2. The lowest BCUT2D eigenvalue weighted by Gasteiger charge is -2.18. The molecule has 0 N–H and O–H groups in total. The minimum absolute atomic E-state index is 0.249. The molecule has 4 aromatic rings. The van der Waals surface area contributed by atoms with Gasteiger partial charge in [0, 0.05) is 11.1 Å². The van der Waals surface area contributed by atoms with E-state index in [0.29, 0.717) is 23.1 Å². The Balaban J connectivity index is 1.64. The molecule has 4 rings (SSSR count). The monoisotopic (exact) mass is 406 g/mol. The molecule has 0 amide bonds. The third-order valence-electron chi connectivity index (χ3n) is 5.10. The van der Waals surface area contributed by atoms with Gasteiger partial charge in [-0.05, 0) is 23.6 Å². The van der Waals surface area contributed by atoms with E-state index in [1.807, 2.05) is 72.8 Å². The van der Waals surface area contributed by atoms with Gasteiger partial charge in [-0.3, -0.25) is 4.79 Å². The van der Waals surface area contributed by atoms with E-state index in [-0.39, 0.29) is 5.78 Å². The molecule has 0 bridgehead atoms. The summed E-state index contributed by atoms with van der Waals surface area (Å²) in [5, 5.41) is 0. The zero-order chi connectivity index (χ0) is 21.5. The predicted molar refractivity (Wildman–Crippen MR) is 121 cm³/mol. The molecular formula is C28H22O3. The number of carbonyl (C=O) groups is 2. The van der Waals surface area contributed by atoms with Crippen molar-refractivity contribution in [1.82, 2.24) is 0 Å². The Kier molecular flexibility index (Phi) is 6.34. The van der Waals surface area contributed by atoms with E-state index in [0.717, 1.165) is 11.1 Å². The Bertz CT molecular complexity index is 1150. The minimum atomic E-state index is -1.01. The average molecular weight is 406 g/mol. The summed E-state index contributed by atoms with van der Waals surface area (Å²) in [4.78, 5) is 26.4. The van der Waals surface area contributed by atoms with Crippen LogP contribution >= 0.6 is 0 Å². The van der Waals surface area contributed by atoms with Crippen molar-refractivity contribution >= 4 is 11.8 Å². The Morgan fingerprint density at radius 1 is 0.645 bits per heavy atom. The molecule has 0 saturated heterocycles. The number of carbonyl (C=O) groups excluding carboxylic acids is 2. The smallest absolute Gasteiger partial charge is 0.339 e. The summed E-state index contributed by atoms with van der Waals surface area (Å²) >= 11 is 0. The maximum atomic E-state index is 13.2. The number of esters is 1. The van der Waals surface area contributed by atoms with Gasteiger partial charge in [0.15, 0.2) is 6.10 Å². The molecule has 0 unspecified atom stereocenters. The molecule has 3 heteroatoms. The molecule has 0 aliphatic heterocycles. The third-order valence-corrected chi connectivity index (χ3v) is 5.10. The van der Waals surface area contributed by atoms with Crippen LogP contribution in [0.15, 0.2) is 115 Å². The summed E-state index contributed by atoms with van der Waals surface area (Å²) in [6.07, 6.45) is -0.407. The Morgan fingerprint density at radius 3 is 1.87 bits per heavy atom. The third kappa shape index (κ3) is 4.96. The van der Waals surface area contributed by atoms with Crippen LogP contribution in [0.2, 0.25) is 0 Å². The molecule has 0 saturated carbocycles. The minimum Gasteiger partial charge on any atom is -0.445 e. The number of hydrogen-bond acceptors (Lipinski definition) is 3. The SMILES string of the molecule is O=C(O[C@@H](C(=O)c1ccccc1)c1ccccc1)c1ccccc1Cc1ccccc1. The fraction of sp³-hybridized carbons (Fsp3) is 0.0714. The fourth-order valence-electron chi connectivity index (χ4n) is 3.51. The molecule has 0 spiro atoms. The highest BCUT2D eigenvalue weighted by molar-refractivity contribution is 6.02. The van der Waals surface area contributed by atoms with Crippen LogP contribution in [0.1, 0.15) is 43.5 Å². The largest absolute Gasteiger partial charge is 0.445 e. The zero-order valence-corrected chi connectivity index (χ0v) is 17.0. The maximum Gasteiger partial charge on any atom is 0.339 e. The highest BCUT2D eigenvalue weighted by Gasteiger charge is 2.27. The molecule has 152 valence electrons. The van der Waals surface area contributed by atoms with E-state index in [1.54, 1.807) is 42.5 Å². The fourth-order valence-corrected chi connectivity index (χ4v) is 3.51. The van der Waals surface area contributed by atoms with E-state index in [9.17, 15) is 9.59 Å². The van der Waals surface area contributed by atoms with Crippen molar-refractivity contribution in [2.24, 2.45) is 0 Å². The van der Waals surface area contributed by atoms with Crippen LogP contribution in [0, 0.1) is 0 Å². The second-order valence-electron chi connectivity index (χ2n) is 7.25. The zero-order valence-electron chi connectivity index (χ0n) is 17.0. The summed E-state index contributed by atoms with van der Waals surface area (Å²) in [5.41, 5.74) is 3.57. The van der Waals surface area contributed by atoms with Gasteiger partial charge >= 0.3 is 5.97 Å². The van der Waals surface area contributed by atoms with Gasteiger partial charge in [0.05, 0.1) is 5.56 Å². The van der Waals surface area contributed by atoms with Crippen molar-refractivity contribution in [3.05, 3.63) is 143 Å². The van der Waals surface area contributed by atoms with Crippen LogP contribution < -0.4 is 0 Å². The van der Waals surface area contributed by atoms with E-state index in [2.05, 4.69) is 0 Å². The first-order valence-corrected chi connectivity index (χ1v) is 10.2. The summed E-state index contributed by atoms with van der Waals surface area (Å²) in [6, 6.07) is 35.4. The molecule has 0 aromatic heterocycles. The second-order valence-corrected chi connectivity index (χ2v) is 7.25. The van der Waals surface area contributed by atoms with Crippen molar-refractivity contribution < 1.29 is 14.3 Å². The van der Waals surface area contributed by atoms with Crippen molar-refractivity contribution in [3.63, 3.8) is 0 Å². The number of rotatable bonds is 7. The average Bonchev–Trinajstić information content (AvgIpc) is 2.84. The standard InChI is InChI=1S/C28H22O3/c29-26(22-14-6-2-7-15-22)27(23-16-8-3-9-17-23)31-28(30)25-19-11-10-18-24(25)20-21-12-4-1-5-13-21/h1-19,27H,20H2/t27-/m1/s1. The van der Waals surface area contributed by atoms with Gasteiger partial charge in [0.25, 0.3) is 0 Å². The molecule has 4 aromatic carbocycles. The van der Waals surface area contributed by atoms with Crippen molar-refractivity contribution in [2.75, 3.05) is 0 Å². The van der Waals surface area contributed by atoms with Crippen molar-refractivity contribution in [1.29, 1.82) is 0 Å². The van der Waals surface area contributed by atoms with Gasteiger partial charge < -0.3 is 4.74 Å². The summed E-state index contributed by atoms with van der Waals surface area (Å²) in [5.74, 6) is -0.759. The molecule has 0 radical (unpaired) electrons. The molecular weight excluding hydrogens is 384 g/mol. The molecule has 0 aliphatic rings. The van der Waals surface area contributed by atoms with Gasteiger partial charge in [0.2, 0.25) is 5.78 Å². The molecule has 3 nitrogen and oxygen atoms in total. The topological polar surface area (TPSA) is 43.4 Å². The van der Waals surface area contributed by atoms with E-state index < -0.39 is 12.1 Å². The molecule has 0 aliphatic carbocycles. The van der Waals surface area contributed by atoms with Gasteiger partial charge in [-0.15, -0.1) is 0 Å². The first-order chi connectivity index (χ1) is 15.2. The first-order valence-electron chi connectivity index (χ1n) is 10.2. The number of ether oxygens (including phenoxy) is 1. The van der Waals surface area contributed by atoms with E-state index in [4.69, 9.17) is 4.74 Å². The number of ketones is 1. The summed E-state index contributed by atoms with van der Waals surface area (Å²) in [7, 11) is 0. The van der Waals surface area contributed by atoms with Crippen LogP contribution in [0.25, 0.3) is 0 Å². The van der Waals surface area contributed by atoms with Gasteiger partial charge in [-0.25, -0.2) is 4.79 Å². The van der Waals surface area contributed by atoms with Crippen molar-refractivity contribution in [3.8, 4) is 0 Å². The van der Waals surface area contributed by atoms with Crippen LogP contribution in [0.5, 0.6) is 0 Å². The second kappa shape index (κ2) is 9.68.